The number of rotatable bonds is 41. The van der Waals surface area contributed by atoms with Gasteiger partial charge in [0.05, 0.1) is 25.4 Å². The van der Waals surface area contributed by atoms with Crippen LogP contribution in [-0.2, 0) is 14.3 Å². The van der Waals surface area contributed by atoms with E-state index in [0.29, 0.717) is 6.42 Å². The van der Waals surface area contributed by atoms with Crippen LogP contribution in [0.2, 0.25) is 0 Å². The maximum Gasteiger partial charge on any atom is 0.220 e. The van der Waals surface area contributed by atoms with Crippen molar-refractivity contribution in [1.29, 1.82) is 0 Å². The third-order valence-corrected chi connectivity index (χ3v) is 11.5. The lowest BCUT2D eigenvalue weighted by Gasteiger charge is -2.40. The fourth-order valence-corrected chi connectivity index (χ4v) is 7.45. The van der Waals surface area contributed by atoms with Crippen LogP contribution in [0.3, 0.4) is 0 Å². The first-order chi connectivity index (χ1) is 30.8. The fraction of sp³-hybridized carbons (Fsp3) is 0.722. The summed E-state index contributed by atoms with van der Waals surface area (Å²) in [6.07, 6.45) is 53.5. The molecule has 0 saturated carbocycles. The molecule has 1 aliphatic rings. The summed E-state index contributed by atoms with van der Waals surface area (Å²) in [7, 11) is 0. The molecule has 0 aliphatic carbocycles. The standard InChI is InChI=1S/C54H93NO8/c1-3-5-7-9-11-13-15-16-17-18-19-20-21-22-23-24-25-26-27-28-29-30-31-32-34-36-38-40-42-44-50(58)55-47(46-62-54-53(61)52(60)51(59)49(45-56)63-54)48(57)43-41-39-37-35-33-14-12-10-8-6-4-2/h5,7,11,13,16-17,19-20,22-23,25-26,41,43,47-49,51-54,56-57,59-61H,3-4,6,8-10,12,14-15,18,21,24,27-40,42,44-46H2,1-2H3,(H,55,58)/b7-5-,13-11-,17-16-,20-19-,23-22-,26-25-,43-41+. The summed E-state index contributed by atoms with van der Waals surface area (Å²) in [5, 5.41) is 54.2. The molecule has 0 spiro atoms. The number of amides is 1. The zero-order valence-corrected chi connectivity index (χ0v) is 39.8. The molecule has 0 radical (unpaired) electrons. The Morgan fingerprint density at radius 3 is 1.46 bits per heavy atom. The highest BCUT2D eigenvalue weighted by Gasteiger charge is 2.44. The Morgan fingerprint density at radius 2 is 0.984 bits per heavy atom. The van der Waals surface area contributed by atoms with Crippen LogP contribution in [0, 0.1) is 0 Å². The van der Waals surface area contributed by atoms with Crippen LogP contribution in [0.4, 0.5) is 0 Å². The zero-order valence-electron chi connectivity index (χ0n) is 39.8. The lowest BCUT2D eigenvalue weighted by atomic mass is 9.99. The second-order valence-corrected chi connectivity index (χ2v) is 17.2. The van der Waals surface area contributed by atoms with Crippen LogP contribution in [0.1, 0.15) is 194 Å². The van der Waals surface area contributed by atoms with Crippen molar-refractivity contribution in [2.45, 2.75) is 236 Å². The van der Waals surface area contributed by atoms with Crippen molar-refractivity contribution in [2.24, 2.45) is 0 Å². The Bertz CT molecular complexity index is 1260. The average Bonchev–Trinajstić information content (AvgIpc) is 3.28. The van der Waals surface area contributed by atoms with Crippen LogP contribution in [-0.4, -0.2) is 87.5 Å². The normalized spacial score (nSPS) is 20.9. The fourth-order valence-electron chi connectivity index (χ4n) is 7.45. The Hall–Kier alpha value is -2.63. The van der Waals surface area contributed by atoms with Crippen molar-refractivity contribution >= 4 is 5.91 Å². The molecule has 0 aromatic carbocycles. The largest absolute Gasteiger partial charge is 0.394 e. The van der Waals surface area contributed by atoms with Gasteiger partial charge in [-0.15, -0.1) is 0 Å². The predicted octanol–water partition coefficient (Wildman–Crippen LogP) is 11.5. The Kier molecular flexibility index (Phi) is 40.1. The highest BCUT2D eigenvalue weighted by atomic mass is 16.7. The number of unbranched alkanes of at least 4 members (excludes halogenated alkanes) is 19. The number of aliphatic hydroxyl groups is 5. The topological polar surface area (TPSA) is 149 Å². The number of ether oxygens (including phenoxy) is 2. The number of allylic oxidation sites excluding steroid dienone is 13. The lowest BCUT2D eigenvalue weighted by Crippen LogP contribution is -2.60. The second-order valence-electron chi connectivity index (χ2n) is 17.2. The summed E-state index contributed by atoms with van der Waals surface area (Å²) < 4.78 is 11.2. The van der Waals surface area contributed by atoms with Gasteiger partial charge in [0.15, 0.2) is 6.29 Å². The van der Waals surface area contributed by atoms with E-state index in [1.165, 1.54) is 83.5 Å². The Morgan fingerprint density at radius 1 is 0.556 bits per heavy atom. The molecule has 0 aromatic rings. The van der Waals surface area contributed by atoms with Crippen molar-refractivity contribution in [3.05, 3.63) is 85.1 Å². The molecule has 1 saturated heterocycles. The summed E-state index contributed by atoms with van der Waals surface area (Å²) >= 11 is 0. The van der Waals surface area contributed by atoms with Gasteiger partial charge in [0.1, 0.15) is 24.4 Å². The summed E-state index contributed by atoms with van der Waals surface area (Å²) in [6, 6.07) is -0.810. The molecule has 63 heavy (non-hydrogen) atoms. The molecule has 6 N–H and O–H groups in total. The maximum atomic E-state index is 13.0. The van der Waals surface area contributed by atoms with Gasteiger partial charge in [-0.25, -0.2) is 0 Å². The van der Waals surface area contributed by atoms with Gasteiger partial charge in [0.25, 0.3) is 0 Å². The second kappa shape index (κ2) is 43.3. The monoisotopic (exact) mass is 884 g/mol. The van der Waals surface area contributed by atoms with E-state index in [9.17, 15) is 30.3 Å². The average molecular weight is 884 g/mol. The minimum atomic E-state index is -1.57. The summed E-state index contributed by atoms with van der Waals surface area (Å²) in [5.74, 6) is -0.187. The van der Waals surface area contributed by atoms with Crippen LogP contribution in [0.15, 0.2) is 85.1 Å². The molecule has 1 amide bonds. The van der Waals surface area contributed by atoms with E-state index in [1.54, 1.807) is 6.08 Å². The molecule has 9 nitrogen and oxygen atoms in total. The molecule has 7 atom stereocenters. The number of carbonyl (C=O) groups excluding carboxylic acids is 1. The van der Waals surface area contributed by atoms with Gasteiger partial charge >= 0.3 is 0 Å². The van der Waals surface area contributed by atoms with Crippen LogP contribution in [0.5, 0.6) is 0 Å². The number of carbonyl (C=O) groups is 1. The van der Waals surface area contributed by atoms with Crippen molar-refractivity contribution in [3.8, 4) is 0 Å². The number of hydrogen-bond donors (Lipinski definition) is 6. The molecule has 1 heterocycles. The first-order valence-electron chi connectivity index (χ1n) is 25.3. The first kappa shape index (κ1) is 58.4. The van der Waals surface area contributed by atoms with E-state index in [0.717, 1.165) is 89.9 Å². The number of hydrogen-bond acceptors (Lipinski definition) is 8. The zero-order chi connectivity index (χ0) is 45.9. The lowest BCUT2D eigenvalue weighted by molar-refractivity contribution is -0.302. The van der Waals surface area contributed by atoms with Gasteiger partial charge in [-0.05, 0) is 70.6 Å². The van der Waals surface area contributed by atoms with Crippen molar-refractivity contribution < 1.29 is 39.8 Å². The van der Waals surface area contributed by atoms with E-state index >= 15 is 0 Å². The van der Waals surface area contributed by atoms with E-state index in [-0.39, 0.29) is 12.5 Å². The van der Waals surface area contributed by atoms with Crippen LogP contribution < -0.4 is 5.32 Å². The van der Waals surface area contributed by atoms with Crippen LogP contribution in [0.25, 0.3) is 0 Å². The molecule has 0 bridgehead atoms. The summed E-state index contributed by atoms with van der Waals surface area (Å²) in [4.78, 5) is 13.0. The molecule has 0 aromatic heterocycles. The van der Waals surface area contributed by atoms with Gasteiger partial charge in [0, 0.05) is 6.42 Å². The SMILES string of the molecule is CC/C=C\C/C=C\C/C=C\C/C=C\C/C=C\C/C=C\CCCCCCCCCCCCC(=O)NC(COC1OC(CO)C(O)C(O)C1O)C(O)/C=C/CCCCCCCCCCC. The molecule has 362 valence electrons. The summed E-state index contributed by atoms with van der Waals surface area (Å²) in [5.41, 5.74) is 0. The van der Waals surface area contributed by atoms with Crippen LogP contribution >= 0.6 is 0 Å². The third-order valence-electron chi connectivity index (χ3n) is 11.5. The summed E-state index contributed by atoms with van der Waals surface area (Å²) in [6.45, 7) is 3.63. The van der Waals surface area contributed by atoms with E-state index < -0.39 is 49.5 Å². The van der Waals surface area contributed by atoms with Gasteiger partial charge < -0.3 is 40.3 Å². The first-order valence-corrected chi connectivity index (χ1v) is 25.3. The molecule has 7 unspecified atom stereocenters. The molecule has 1 fully saturated rings. The minimum absolute atomic E-state index is 0.187. The maximum absolute atomic E-state index is 13.0. The Labute approximate surface area is 384 Å². The third kappa shape index (κ3) is 33.5. The van der Waals surface area contributed by atoms with E-state index in [4.69, 9.17) is 9.47 Å². The Balaban J connectivity index is 2.22. The quantitative estimate of drug-likeness (QED) is 0.0263. The molecule has 9 heteroatoms. The van der Waals surface area contributed by atoms with E-state index in [1.807, 2.05) is 6.08 Å². The molecular weight excluding hydrogens is 791 g/mol. The minimum Gasteiger partial charge on any atom is -0.394 e. The number of aliphatic hydroxyl groups excluding tert-OH is 5. The molecular formula is C54H93NO8. The van der Waals surface area contributed by atoms with E-state index in [2.05, 4.69) is 92.1 Å². The smallest absolute Gasteiger partial charge is 0.220 e. The predicted molar refractivity (Wildman–Crippen MR) is 262 cm³/mol. The molecule has 1 rings (SSSR count). The van der Waals surface area contributed by atoms with Gasteiger partial charge in [-0.3, -0.25) is 4.79 Å². The van der Waals surface area contributed by atoms with Gasteiger partial charge in [-0.1, -0.05) is 202 Å². The highest BCUT2D eigenvalue weighted by molar-refractivity contribution is 5.76. The van der Waals surface area contributed by atoms with Gasteiger partial charge in [-0.2, -0.15) is 0 Å². The van der Waals surface area contributed by atoms with Gasteiger partial charge in [0.2, 0.25) is 5.91 Å². The van der Waals surface area contributed by atoms with Crippen molar-refractivity contribution in [3.63, 3.8) is 0 Å². The number of nitrogens with one attached hydrogen (secondary N) is 1. The van der Waals surface area contributed by atoms with Crippen molar-refractivity contribution in [2.75, 3.05) is 13.2 Å². The van der Waals surface area contributed by atoms with Crippen molar-refractivity contribution in [1.82, 2.24) is 5.32 Å². The molecule has 1 aliphatic heterocycles. The highest BCUT2D eigenvalue weighted by Crippen LogP contribution is 2.22.